The normalized spacial score (nSPS) is 12.6. The van der Waals surface area contributed by atoms with Crippen molar-refractivity contribution in [1.29, 1.82) is 5.41 Å². The topological polar surface area (TPSA) is 79.6 Å². The second-order valence-corrected chi connectivity index (χ2v) is 5.12. The molecule has 0 fully saturated rings. The van der Waals surface area contributed by atoms with Gasteiger partial charge in [0.05, 0.1) is 12.7 Å². The van der Waals surface area contributed by atoms with Crippen LogP contribution in [0, 0.1) is 5.41 Å². The number of hydrogen-bond acceptors (Lipinski definition) is 5. The van der Waals surface area contributed by atoms with Crippen molar-refractivity contribution in [3.05, 3.63) is 41.5 Å². The predicted octanol–water partition coefficient (Wildman–Crippen LogP) is 3.43. The van der Waals surface area contributed by atoms with Gasteiger partial charge in [-0.05, 0) is 42.8 Å². The van der Waals surface area contributed by atoms with Gasteiger partial charge in [-0.25, -0.2) is 4.79 Å². The Bertz CT molecular complexity index is 540. The first-order valence-electron chi connectivity index (χ1n) is 7.86. The highest BCUT2D eigenvalue weighted by Gasteiger charge is 2.08. The molecule has 0 radical (unpaired) electrons. The highest BCUT2D eigenvalue weighted by Crippen LogP contribution is 2.21. The van der Waals surface area contributed by atoms with E-state index in [-0.39, 0.29) is 12.4 Å². The van der Waals surface area contributed by atoms with E-state index >= 15 is 0 Å². The van der Waals surface area contributed by atoms with Crippen LogP contribution >= 0.6 is 0 Å². The van der Waals surface area contributed by atoms with Crippen LogP contribution in [0.3, 0.4) is 0 Å². The van der Waals surface area contributed by atoms with Crippen molar-refractivity contribution < 1.29 is 19.4 Å². The number of carbonyl (C=O) groups is 1. The molecular weight excluding hydrogens is 294 g/mol. The second-order valence-electron chi connectivity index (χ2n) is 5.12. The molecule has 1 rings (SSSR count). The third-order valence-electron chi connectivity index (χ3n) is 3.19. The molecular formula is C18H25NO4. The summed E-state index contributed by atoms with van der Waals surface area (Å²) in [4.78, 5) is 11.5. The van der Waals surface area contributed by atoms with E-state index in [1.54, 1.807) is 31.2 Å². The number of rotatable bonds is 10. The average Bonchev–Trinajstić information content (AvgIpc) is 2.53. The summed E-state index contributed by atoms with van der Waals surface area (Å²) < 4.78 is 10.6. The molecule has 5 nitrogen and oxygen atoms in total. The Hall–Kier alpha value is -2.14. The zero-order valence-electron chi connectivity index (χ0n) is 13.7. The van der Waals surface area contributed by atoms with Crippen LogP contribution in [-0.2, 0) is 9.53 Å². The van der Waals surface area contributed by atoms with Crippen LogP contribution in [0.15, 0.2) is 35.9 Å². The van der Waals surface area contributed by atoms with Crippen LogP contribution in [-0.4, -0.2) is 30.5 Å². The molecule has 2 N–H and O–H groups in total. The Morgan fingerprint density at radius 3 is 2.83 bits per heavy atom. The minimum Gasteiger partial charge on any atom is -0.489 e. The van der Waals surface area contributed by atoms with Crippen molar-refractivity contribution >= 4 is 12.2 Å². The van der Waals surface area contributed by atoms with Crippen LogP contribution in [0.4, 0.5) is 0 Å². The van der Waals surface area contributed by atoms with Crippen molar-refractivity contribution in [3.8, 4) is 5.75 Å². The lowest BCUT2D eigenvalue weighted by Crippen LogP contribution is -2.07. The van der Waals surface area contributed by atoms with E-state index in [1.165, 1.54) is 12.3 Å². The molecule has 5 heteroatoms. The summed E-state index contributed by atoms with van der Waals surface area (Å²) in [7, 11) is 0. The number of nitrogens with one attached hydrogen (secondary N) is 1. The standard InChI is InChI=1S/C18H25NO4/c1-3-6-14(11-18(21)22-4-2)13-23-16-8-5-7-15(12-16)17(20)9-10-19/h5,7-8,10-12,17,19-20H,3-4,6,9,13H2,1-2H3/b14-11+,19-10?. The smallest absolute Gasteiger partial charge is 0.330 e. The van der Waals surface area contributed by atoms with E-state index in [1.807, 2.05) is 6.92 Å². The highest BCUT2D eigenvalue weighted by atomic mass is 16.5. The van der Waals surface area contributed by atoms with Gasteiger partial charge >= 0.3 is 5.97 Å². The molecule has 0 saturated heterocycles. The van der Waals surface area contributed by atoms with Crippen molar-refractivity contribution in [2.45, 2.75) is 39.2 Å². The van der Waals surface area contributed by atoms with Crippen molar-refractivity contribution in [2.24, 2.45) is 0 Å². The first-order chi connectivity index (χ1) is 11.1. The van der Waals surface area contributed by atoms with Gasteiger partial charge in [0.15, 0.2) is 0 Å². The summed E-state index contributed by atoms with van der Waals surface area (Å²) >= 11 is 0. The molecule has 1 unspecified atom stereocenters. The van der Waals surface area contributed by atoms with E-state index in [0.717, 1.165) is 18.4 Å². The van der Waals surface area contributed by atoms with Gasteiger partial charge in [-0.2, -0.15) is 0 Å². The van der Waals surface area contributed by atoms with Crippen LogP contribution in [0.25, 0.3) is 0 Å². The number of esters is 1. The molecule has 0 aliphatic rings. The highest BCUT2D eigenvalue weighted by molar-refractivity contribution is 5.82. The third-order valence-corrected chi connectivity index (χ3v) is 3.19. The third kappa shape index (κ3) is 7.10. The van der Waals surface area contributed by atoms with Gasteiger partial charge < -0.3 is 20.0 Å². The van der Waals surface area contributed by atoms with Gasteiger partial charge in [0.25, 0.3) is 0 Å². The molecule has 0 bridgehead atoms. The fourth-order valence-corrected chi connectivity index (χ4v) is 2.09. The zero-order valence-corrected chi connectivity index (χ0v) is 13.7. The molecule has 0 heterocycles. The van der Waals surface area contributed by atoms with E-state index in [0.29, 0.717) is 24.5 Å². The lowest BCUT2D eigenvalue weighted by molar-refractivity contribution is -0.137. The number of aliphatic hydroxyl groups excluding tert-OH is 1. The van der Waals surface area contributed by atoms with E-state index in [4.69, 9.17) is 14.9 Å². The minimum atomic E-state index is -0.707. The summed E-state index contributed by atoms with van der Waals surface area (Å²) in [5.74, 6) is 0.270. The summed E-state index contributed by atoms with van der Waals surface area (Å²) in [5, 5.41) is 17.0. The molecule has 1 atom stereocenters. The van der Waals surface area contributed by atoms with Gasteiger partial charge in [0.2, 0.25) is 0 Å². The molecule has 0 spiro atoms. The summed E-state index contributed by atoms with van der Waals surface area (Å²) in [6, 6.07) is 7.14. The SMILES string of the molecule is CCC/C(=C\C(=O)OCC)COc1cccc(C(O)CC=N)c1. The molecule has 0 aliphatic carbocycles. The van der Waals surface area contributed by atoms with Crippen molar-refractivity contribution in [3.63, 3.8) is 0 Å². The van der Waals surface area contributed by atoms with E-state index in [2.05, 4.69) is 0 Å². The van der Waals surface area contributed by atoms with Gasteiger partial charge in [-0.1, -0.05) is 25.5 Å². The number of ether oxygens (including phenoxy) is 2. The fourth-order valence-electron chi connectivity index (χ4n) is 2.09. The summed E-state index contributed by atoms with van der Waals surface area (Å²) in [5.41, 5.74) is 1.58. The Kier molecular flexibility index (Phi) is 8.68. The quantitative estimate of drug-likeness (QED) is 0.393. The maximum absolute atomic E-state index is 11.5. The molecule has 0 amide bonds. The van der Waals surface area contributed by atoms with Gasteiger partial charge in [-0.3, -0.25) is 0 Å². The molecule has 1 aromatic rings. The summed E-state index contributed by atoms with van der Waals surface area (Å²) in [6.45, 7) is 4.46. The Labute approximate surface area is 137 Å². The number of hydrogen-bond donors (Lipinski definition) is 2. The predicted molar refractivity (Wildman–Crippen MR) is 89.9 cm³/mol. The Balaban J connectivity index is 2.72. The first-order valence-corrected chi connectivity index (χ1v) is 7.86. The van der Waals surface area contributed by atoms with E-state index in [9.17, 15) is 9.90 Å². The van der Waals surface area contributed by atoms with Gasteiger partial charge in [0.1, 0.15) is 12.4 Å². The van der Waals surface area contributed by atoms with Crippen LogP contribution in [0.1, 0.15) is 44.8 Å². The van der Waals surface area contributed by atoms with Gasteiger partial charge in [0, 0.05) is 12.5 Å². The number of carbonyl (C=O) groups excluding carboxylic acids is 1. The average molecular weight is 319 g/mol. The monoisotopic (exact) mass is 319 g/mol. The minimum absolute atomic E-state index is 0.271. The van der Waals surface area contributed by atoms with Crippen LogP contribution in [0.2, 0.25) is 0 Å². The molecule has 1 aromatic carbocycles. The number of aliphatic hydroxyl groups is 1. The largest absolute Gasteiger partial charge is 0.489 e. The maximum atomic E-state index is 11.5. The maximum Gasteiger partial charge on any atom is 0.330 e. The van der Waals surface area contributed by atoms with E-state index < -0.39 is 6.10 Å². The van der Waals surface area contributed by atoms with Crippen LogP contribution < -0.4 is 4.74 Å². The molecule has 0 saturated carbocycles. The van der Waals surface area contributed by atoms with Crippen LogP contribution in [0.5, 0.6) is 5.75 Å². The first kappa shape index (κ1) is 18.9. The summed E-state index contributed by atoms with van der Waals surface area (Å²) in [6.07, 6.45) is 3.90. The lowest BCUT2D eigenvalue weighted by Gasteiger charge is -2.12. The van der Waals surface area contributed by atoms with Crippen molar-refractivity contribution in [2.75, 3.05) is 13.2 Å². The molecule has 23 heavy (non-hydrogen) atoms. The Morgan fingerprint density at radius 1 is 1.39 bits per heavy atom. The molecule has 126 valence electrons. The number of benzene rings is 1. The lowest BCUT2D eigenvalue weighted by atomic mass is 10.1. The Morgan fingerprint density at radius 2 is 2.17 bits per heavy atom. The second kappa shape index (κ2) is 10.6. The van der Waals surface area contributed by atoms with Crippen molar-refractivity contribution in [1.82, 2.24) is 0 Å². The molecule has 0 aromatic heterocycles. The molecule has 0 aliphatic heterocycles. The zero-order chi connectivity index (χ0) is 17.1. The van der Waals surface area contributed by atoms with Gasteiger partial charge in [-0.15, -0.1) is 0 Å². The fraction of sp³-hybridized carbons (Fsp3) is 0.444.